The Bertz CT molecular complexity index is 553. The van der Waals surface area contributed by atoms with Gasteiger partial charge in [-0.1, -0.05) is 0 Å². The van der Waals surface area contributed by atoms with Crippen molar-refractivity contribution >= 4 is 34.4 Å². The molecule has 3 aliphatic rings. The Morgan fingerprint density at radius 2 is 1.77 bits per heavy atom. The first kappa shape index (κ1) is 15.9. The van der Waals surface area contributed by atoms with Crippen molar-refractivity contribution < 1.29 is 9.53 Å². The molecule has 1 aromatic rings. The minimum Gasteiger partial charge on any atom is -0.444 e. The van der Waals surface area contributed by atoms with Crippen molar-refractivity contribution in [2.45, 2.75) is 51.3 Å². The molecule has 5 heteroatoms. The minimum absolute atomic E-state index is 0.163. The number of nitrogens with zero attached hydrogens (tertiary/aromatic N) is 2. The molecule has 4 nitrogen and oxygen atoms in total. The molecule has 3 saturated heterocycles. The SMILES string of the molecule is CC(C)(C)OC(=O)N1CC2CCC1CN2c1ccc(I)cc1. The van der Waals surface area contributed by atoms with Crippen molar-refractivity contribution in [3.05, 3.63) is 27.8 Å². The molecule has 22 heavy (non-hydrogen) atoms. The number of benzene rings is 1. The molecule has 0 saturated carbocycles. The Hall–Kier alpha value is -0.980. The highest BCUT2D eigenvalue weighted by molar-refractivity contribution is 14.1. The number of fused-ring (bicyclic) bond motifs is 3. The molecule has 0 N–H and O–H groups in total. The molecule has 1 aromatic carbocycles. The number of amides is 1. The van der Waals surface area contributed by atoms with Gasteiger partial charge in [0.05, 0.1) is 6.04 Å². The molecule has 1 amide bonds. The number of ether oxygens (including phenoxy) is 1. The van der Waals surface area contributed by atoms with E-state index in [1.807, 2.05) is 25.7 Å². The van der Waals surface area contributed by atoms with Crippen LogP contribution in [0.2, 0.25) is 0 Å². The molecule has 3 aliphatic heterocycles. The van der Waals surface area contributed by atoms with E-state index in [4.69, 9.17) is 4.74 Å². The van der Waals surface area contributed by atoms with E-state index in [-0.39, 0.29) is 12.1 Å². The van der Waals surface area contributed by atoms with Crippen LogP contribution in [0.15, 0.2) is 24.3 Å². The van der Waals surface area contributed by atoms with E-state index in [0.717, 1.165) is 25.9 Å². The van der Waals surface area contributed by atoms with Crippen LogP contribution in [0, 0.1) is 3.57 Å². The summed E-state index contributed by atoms with van der Waals surface area (Å²) in [4.78, 5) is 16.8. The lowest BCUT2D eigenvalue weighted by molar-refractivity contribution is 0.000888. The Morgan fingerprint density at radius 1 is 1.14 bits per heavy atom. The lowest BCUT2D eigenvalue weighted by Crippen LogP contribution is -2.64. The summed E-state index contributed by atoms with van der Waals surface area (Å²) in [6.07, 6.45) is 2.06. The van der Waals surface area contributed by atoms with Crippen LogP contribution < -0.4 is 4.90 Å². The van der Waals surface area contributed by atoms with E-state index < -0.39 is 5.60 Å². The fourth-order valence-electron chi connectivity index (χ4n) is 3.32. The van der Waals surface area contributed by atoms with Crippen LogP contribution in [0.5, 0.6) is 0 Å². The number of carbonyl (C=O) groups is 1. The Kier molecular flexibility index (Phi) is 4.27. The van der Waals surface area contributed by atoms with Crippen LogP contribution in [0.1, 0.15) is 33.6 Å². The molecular weight excluding hydrogens is 391 g/mol. The molecule has 0 aromatic heterocycles. The molecule has 3 heterocycles. The van der Waals surface area contributed by atoms with Gasteiger partial charge in [0.2, 0.25) is 0 Å². The van der Waals surface area contributed by atoms with Gasteiger partial charge in [-0.3, -0.25) is 0 Å². The standard InChI is InChI=1S/C17H23IN2O2/c1-17(2,3)22-16(21)20-11-14-8-9-15(20)10-19(14)13-6-4-12(18)5-7-13/h4-7,14-15H,8-11H2,1-3H3. The summed E-state index contributed by atoms with van der Waals surface area (Å²) >= 11 is 2.33. The third-order valence-electron chi connectivity index (χ3n) is 4.32. The molecular formula is C17H23IN2O2. The van der Waals surface area contributed by atoms with Gasteiger partial charge in [0.1, 0.15) is 5.60 Å². The average Bonchev–Trinajstić information content (AvgIpc) is 2.46. The quantitative estimate of drug-likeness (QED) is 0.654. The second-order valence-electron chi connectivity index (χ2n) is 7.15. The lowest BCUT2D eigenvalue weighted by atomic mass is 9.90. The monoisotopic (exact) mass is 414 g/mol. The van der Waals surface area contributed by atoms with E-state index in [2.05, 4.69) is 51.8 Å². The van der Waals surface area contributed by atoms with Crippen molar-refractivity contribution in [2.24, 2.45) is 0 Å². The Labute approximate surface area is 145 Å². The molecule has 2 bridgehead atoms. The number of rotatable bonds is 1. The van der Waals surface area contributed by atoms with Crippen LogP contribution in [0.25, 0.3) is 0 Å². The average molecular weight is 414 g/mol. The van der Waals surface area contributed by atoms with Crippen LogP contribution in [-0.4, -0.2) is 41.8 Å². The molecule has 3 fully saturated rings. The smallest absolute Gasteiger partial charge is 0.410 e. The number of halogens is 1. The van der Waals surface area contributed by atoms with Crippen molar-refractivity contribution in [1.82, 2.24) is 4.90 Å². The molecule has 0 aliphatic carbocycles. The topological polar surface area (TPSA) is 32.8 Å². The molecule has 120 valence electrons. The highest BCUT2D eigenvalue weighted by atomic mass is 127. The van der Waals surface area contributed by atoms with E-state index in [1.54, 1.807) is 0 Å². The largest absolute Gasteiger partial charge is 0.444 e. The zero-order valence-electron chi connectivity index (χ0n) is 13.4. The minimum atomic E-state index is -0.427. The summed E-state index contributed by atoms with van der Waals surface area (Å²) in [7, 11) is 0. The van der Waals surface area contributed by atoms with Crippen molar-refractivity contribution in [3.63, 3.8) is 0 Å². The summed E-state index contributed by atoms with van der Waals surface area (Å²) in [5.41, 5.74) is 0.836. The van der Waals surface area contributed by atoms with E-state index in [9.17, 15) is 4.79 Å². The van der Waals surface area contributed by atoms with Crippen molar-refractivity contribution in [1.29, 1.82) is 0 Å². The maximum absolute atomic E-state index is 12.4. The first-order valence-corrected chi connectivity index (χ1v) is 8.93. The Morgan fingerprint density at radius 3 is 2.32 bits per heavy atom. The van der Waals surface area contributed by atoms with E-state index in [1.165, 1.54) is 9.26 Å². The zero-order valence-corrected chi connectivity index (χ0v) is 15.5. The van der Waals surface area contributed by atoms with E-state index >= 15 is 0 Å². The van der Waals surface area contributed by atoms with Gasteiger partial charge < -0.3 is 14.5 Å². The zero-order chi connectivity index (χ0) is 15.9. The highest BCUT2D eigenvalue weighted by Gasteiger charge is 2.42. The highest BCUT2D eigenvalue weighted by Crippen LogP contribution is 2.33. The second-order valence-corrected chi connectivity index (χ2v) is 8.39. The number of hydrogen-bond acceptors (Lipinski definition) is 3. The van der Waals surface area contributed by atoms with Gasteiger partial charge in [0, 0.05) is 28.4 Å². The maximum Gasteiger partial charge on any atom is 0.410 e. The number of anilines is 1. The molecule has 2 atom stereocenters. The normalized spacial score (nSPS) is 24.5. The van der Waals surface area contributed by atoms with Gasteiger partial charge in [-0.25, -0.2) is 4.79 Å². The van der Waals surface area contributed by atoms with Gasteiger partial charge in [0.15, 0.2) is 0 Å². The molecule has 0 spiro atoms. The first-order valence-electron chi connectivity index (χ1n) is 7.85. The third kappa shape index (κ3) is 3.34. The van der Waals surface area contributed by atoms with Crippen LogP contribution in [0.4, 0.5) is 10.5 Å². The summed E-state index contributed by atoms with van der Waals surface area (Å²) in [5, 5.41) is 0. The predicted octanol–water partition coefficient (Wildman–Crippen LogP) is 3.88. The summed E-state index contributed by atoms with van der Waals surface area (Å²) in [6, 6.07) is 9.31. The third-order valence-corrected chi connectivity index (χ3v) is 5.03. The van der Waals surface area contributed by atoms with Gasteiger partial charge in [-0.05, 0) is 80.5 Å². The van der Waals surface area contributed by atoms with Gasteiger partial charge in [-0.2, -0.15) is 0 Å². The summed E-state index contributed by atoms with van der Waals surface area (Å²) in [6.45, 7) is 7.44. The molecule has 0 radical (unpaired) electrons. The van der Waals surface area contributed by atoms with Crippen molar-refractivity contribution in [3.8, 4) is 0 Å². The van der Waals surface area contributed by atoms with Gasteiger partial charge >= 0.3 is 6.09 Å². The van der Waals surface area contributed by atoms with Gasteiger partial charge in [-0.15, -0.1) is 0 Å². The number of hydrogen-bond donors (Lipinski definition) is 0. The Balaban J connectivity index is 1.71. The first-order chi connectivity index (χ1) is 10.3. The maximum atomic E-state index is 12.4. The molecule has 2 unspecified atom stereocenters. The number of piperazine rings is 1. The number of carbonyl (C=O) groups excluding carboxylic acids is 1. The predicted molar refractivity (Wildman–Crippen MR) is 96.3 cm³/mol. The fraction of sp³-hybridized carbons (Fsp3) is 0.588. The summed E-state index contributed by atoms with van der Waals surface area (Å²) < 4.78 is 6.80. The van der Waals surface area contributed by atoms with Gasteiger partial charge in [0.25, 0.3) is 0 Å². The second kappa shape index (κ2) is 5.91. The lowest BCUT2D eigenvalue weighted by Gasteiger charge is -2.52. The van der Waals surface area contributed by atoms with Crippen LogP contribution in [-0.2, 0) is 4.74 Å². The fourth-order valence-corrected chi connectivity index (χ4v) is 3.68. The van der Waals surface area contributed by atoms with Crippen molar-refractivity contribution in [2.75, 3.05) is 18.0 Å². The van der Waals surface area contributed by atoms with Crippen LogP contribution in [0.3, 0.4) is 0 Å². The molecule has 4 rings (SSSR count). The van der Waals surface area contributed by atoms with Crippen LogP contribution >= 0.6 is 22.6 Å². The summed E-state index contributed by atoms with van der Waals surface area (Å²) in [5.74, 6) is 0. The number of piperidine rings is 2. The van der Waals surface area contributed by atoms with E-state index in [0.29, 0.717) is 6.04 Å².